The summed E-state index contributed by atoms with van der Waals surface area (Å²) in [5, 5.41) is 62.5. The Morgan fingerprint density at radius 2 is 1.39 bits per heavy atom. The molecule has 6 rings (SSSR count). The number of hydrogen-bond acceptors (Lipinski definition) is 9. The molecular weight excluding hydrogens is 622 g/mol. The zero-order valence-corrected chi connectivity index (χ0v) is 31.6. The maximum atomic E-state index is 11.1. The molecule has 18 atom stereocenters. The van der Waals surface area contributed by atoms with Gasteiger partial charge in [0.25, 0.3) is 0 Å². The monoisotopic (exact) mass is 694 g/mol. The molecule has 0 amide bonds. The van der Waals surface area contributed by atoms with Crippen LogP contribution >= 0.6 is 0 Å². The minimum Gasteiger partial charge on any atom is -0.394 e. The Balaban J connectivity index is 1.08. The first-order chi connectivity index (χ1) is 22.9. The minimum absolute atomic E-state index is 0.191. The summed E-state index contributed by atoms with van der Waals surface area (Å²) in [7, 11) is 0. The summed E-state index contributed by atoms with van der Waals surface area (Å²) in [6.07, 6.45) is 5.93. The number of aliphatic hydroxyl groups excluding tert-OH is 6. The van der Waals surface area contributed by atoms with Crippen molar-refractivity contribution in [1.29, 1.82) is 0 Å². The first-order valence-electron chi connectivity index (χ1n) is 19.9. The van der Waals surface area contributed by atoms with E-state index in [0.29, 0.717) is 45.8 Å². The van der Waals surface area contributed by atoms with E-state index in [0.717, 1.165) is 18.3 Å². The van der Waals surface area contributed by atoms with E-state index in [-0.39, 0.29) is 17.9 Å². The minimum atomic E-state index is -1.43. The van der Waals surface area contributed by atoms with Crippen molar-refractivity contribution in [3.05, 3.63) is 0 Å². The van der Waals surface area contributed by atoms with Gasteiger partial charge in [-0.2, -0.15) is 0 Å². The van der Waals surface area contributed by atoms with Crippen molar-refractivity contribution >= 4 is 0 Å². The van der Waals surface area contributed by atoms with E-state index in [4.69, 9.17) is 15.2 Å². The molecule has 0 bridgehead atoms. The Labute approximate surface area is 295 Å². The molecule has 6 fully saturated rings. The Hall–Kier alpha value is -0.360. The quantitative estimate of drug-likeness (QED) is 0.186. The van der Waals surface area contributed by atoms with Gasteiger partial charge in [-0.1, -0.05) is 54.9 Å². The highest BCUT2D eigenvalue weighted by Crippen LogP contribution is 2.78. The molecule has 3 unspecified atom stereocenters. The van der Waals surface area contributed by atoms with E-state index < -0.39 is 55.6 Å². The van der Waals surface area contributed by atoms with Crippen LogP contribution in [-0.2, 0) is 9.47 Å². The Morgan fingerprint density at radius 1 is 0.755 bits per heavy atom. The fraction of sp³-hybridized carbons (Fsp3) is 1.00. The van der Waals surface area contributed by atoms with Gasteiger partial charge in [0.1, 0.15) is 30.5 Å². The van der Waals surface area contributed by atoms with E-state index in [1.165, 1.54) is 64.2 Å². The third kappa shape index (κ3) is 6.00. The topological polar surface area (TPSA) is 166 Å². The van der Waals surface area contributed by atoms with E-state index in [1.807, 2.05) is 0 Å². The first-order valence-corrected chi connectivity index (χ1v) is 19.9. The molecule has 0 radical (unpaired) electrons. The standard InChI is InChI=1S/C40H71NO8/c1-22(19-25(43)32(45)26(44)21-48-35-31(41)34(47)33(46)27(20-42)49-35)23-11-16-37(4)24(23)12-17-39(6)29(37)9-10-30-38(5)15-8-14-36(2,3)28(38)13-18-40(30,39)7/h22-35,42-47H,8-21,41H2,1-7H3/t22-,23+,24-,25?,26?,27+,28-,29+,30+,31+,32?,33+,34+,35+,37-,38-,39+,40+/m0/s1. The van der Waals surface area contributed by atoms with Gasteiger partial charge < -0.3 is 45.8 Å². The molecule has 0 aromatic rings. The number of rotatable bonds is 9. The van der Waals surface area contributed by atoms with Crippen molar-refractivity contribution in [2.75, 3.05) is 13.2 Å². The van der Waals surface area contributed by atoms with Crippen LogP contribution in [0.5, 0.6) is 0 Å². The van der Waals surface area contributed by atoms with E-state index in [1.54, 1.807) is 0 Å². The Kier molecular flexibility index (Phi) is 10.6. The lowest BCUT2D eigenvalue weighted by Crippen LogP contribution is -2.65. The lowest BCUT2D eigenvalue weighted by atomic mass is 9.32. The van der Waals surface area contributed by atoms with Gasteiger partial charge in [-0.25, -0.2) is 0 Å². The zero-order chi connectivity index (χ0) is 35.9. The number of aliphatic hydroxyl groups is 6. The average Bonchev–Trinajstić information content (AvgIpc) is 3.39. The largest absolute Gasteiger partial charge is 0.394 e. The van der Waals surface area contributed by atoms with Gasteiger partial charge in [0.2, 0.25) is 0 Å². The molecule has 0 spiro atoms. The molecule has 0 aromatic carbocycles. The van der Waals surface area contributed by atoms with Crippen molar-refractivity contribution < 1.29 is 40.1 Å². The molecule has 8 N–H and O–H groups in total. The van der Waals surface area contributed by atoms with Crippen LogP contribution < -0.4 is 5.73 Å². The molecule has 0 aromatic heterocycles. The van der Waals surface area contributed by atoms with Crippen LogP contribution in [0.4, 0.5) is 0 Å². The molecule has 9 nitrogen and oxygen atoms in total. The molecule has 5 saturated carbocycles. The van der Waals surface area contributed by atoms with Crippen molar-refractivity contribution in [3.63, 3.8) is 0 Å². The fourth-order valence-electron chi connectivity index (χ4n) is 14.5. The van der Waals surface area contributed by atoms with Gasteiger partial charge in [-0.05, 0) is 133 Å². The van der Waals surface area contributed by atoms with Crippen LogP contribution in [0.3, 0.4) is 0 Å². The third-order valence-electron chi connectivity index (χ3n) is 17.3. The molecule has 5 aliphatic carbocycles. The number of ether oxygens (including phenoxy) is 2. The highest BCUT2D eigenvalue weighted by Gasteiger charge is 2.70. The molecule has 1 heterocycles. The highest BCUT2D eigenvalue weighted by atomic mass is 16.7. The first kappa shape index (κ1) is 38.4. The van der Waals surface area contributed by atoms with E-state index in [2.05, 4.69) is 48.5 Å². The summed E-state index contributed by atoms with van der Waals surface area (Å²) < 4.78 is 11.0. The van der Waals surface area contributed by atoms with Crippen molar-refractivity contribution in [1.82, 2.24) is 0 Å². The normalized spacial score (nSPS) is 51.8. The summed E-state index contributed by atoms with van der Waals surface area (Å²) >= 11 is 0. The average molecular weight is 694 g/mol. The fourth-order valence-corrected chi connectivity index (χ4v) is 14.5. The lowest BCUT2D eigenvalue weighted by molar-refractivity contribution is -0.273. The molecule has 284 valence electrons. The molecule has 1 saturated heterocycles. The van der Waals surface area contributed by atoms with Crippen molar-refractivity contribution in [2.45, 2.75) is 174 Å². The second kappa shape index (κ2) is 13.5. The van der Waals surface area contributed by atoms with E-state index >= 15 is 0 Å². The van der Waals surface area contributed by atoms with Crippen LogP contribution in [0, 0.1) is 62.6 Å². The summed E-state index contributed by atoms with van der Waals surface area (Å²) in [6, 6.07) is -1.10. The Morgan fingerprint density at radius 3 is 2.04 bits per heavy atom. The third-order valence-corrected chi connectivity index (χ3v) is 17.3. The zero-order valence-electron chi connectivity index (χ0n) is 31.6. The predicted molar refractivity (Wildman–Crippen MR) is 188 cm³/mol. The summed E-state index contributed by atoms with van der Waals surface area (Å²) in [5.41, 5.74) is 7.83. The molecular formula is C40H71NO8. The number of fused-ring (bicyclic) bond motifs is 7. The van der Waals surface area contributed by atoms with Crippen LogP contribution in [0.25, 0.3) is 0 Å². The summed E-state index contributed by atoms with van der Waals surface area (Å²) in [5.74, 6) is 3.61. The number of nitrogens with two attached hydrogens (primary N) is 1. The van der Waals surface area contributed by atoms with Crippen LogP contribution in [0.2, 0.25) is 0 Å². The maximum absolute atomic E-state index is 11.1. The lowest BCUT2D eigenvalue weighted by Gasteiger charge is -2.73. The van der Waals surface area contributed by atoms with Gasteiger partial charge in [0.15, 0.2) is 6.29 Å². The maximum Gasteiger partial charge on any atom is 0.175 e. The van der Waals surface area contributed by atoms with E-state index in [9.17, 15) is 30.6 Å². The highest BCUT2D eigenvalue weighted by molar-refractivity contribution is 5.19. The second-order valence-electron chi connectivity index (χ2n) is 19.8. The molecule has 49 heavy (non-hydrogen) atoms. The van der Waals surface area contributed by atoms with Gasteiger partial charge in [0, 0.05) is 0 Å². The van der Waals surface area contributed by atoms with Crippen molar-refractivity contribution in [2.24, 2.45) is 68.3 Å². The SMILES string of the molecule is C[C@@H](CC(O)C(O)C(O)CO[C@@H]1O[C@H](CO)[C@@H](O)[C@H](O)[C@H]1N)[C@H]1CC[C@]2(C)[C@H]3CC[C@@H]4[C@@]5(C)CCCC(C)(C)[C@@H]5CC[C@@]4(C)[C@]3(C)CC[C@@H]12. The number of hydrogen-bond donors (Lipinski definition) is 7. The van der Waals surface area contributed by atoms with Gasteiger partial charge in [-0.15, -0.1) is 0 Å². The second-order valence-corrected chi connectivity index (χ2v) is 19.8. The van der Waals surface area contributed by atoms with Crippen LogP contribution in [-0.4, -0.2) is 92.8 Å². The van der Waals surface area contributed by atoms with Gasteiger partial charge in [-0.3, -0.25) is 0 Å². The molecule has 6 aliphatic rings. The summed E-state index contributed by atoms with van der Waals surface area (Å²) in [4.78, 5) is 0. The predicted octanol–water partition coefficient (Wildman–Crippen LogP) is 4.37. The smallest absolute Gasteiger partial charge is 0.175 e. The molecule has 1 aliphatic heterocycles. The molecule has 9 heteroatoms. The van der Waals surface area contributed by atoms with Gasteiger partial charge >= 0.3 is 0 Å². The van der Waals surface area contributed by atoms with Gasteiger partial charge in [0.05, 0.1) is 25.4 Å². The van der Waals surface area contributed by atoms with Crippen molar-refractivity contribution in [3.8, 4) is 0 Å². The summed E-state index contributed by atoms with van der Waals surface area (Å²) in [6.45, 7) is 17.1. The van der Waals surface area contributed by atoms with Crippen LogP contribution in [0.1, 0.15) is 126 Å². The Bertz CT molecular complexity index is 1170. The van der Waals surface area contributed by atoms with Crippen LogP contribution in [0.15, 0.2) is 0 Å².